The highest BCUT2D eigenvalue weighted by atomic mass is 32.2. The van der Waals surface area contributed by atoms with Crippen molar-refractivity contribution in [1.82, 2.24) is 0 Å². The van der Waals surface area contributed by atoms with Crippen molar-refractivity contribution < 1.29 is 4.39 Å². The Kier molecular flexibility index (Phi) is 4.10. The molecule has 1 aromatic carbocycles. The first-order valence-electron chi connectivity index (χ1n) is 5.91. The number of thioether (sulfide) groups is 1. The molecule has 0 aliphatic heterocycles. The summed E-state index contributed by atoms with van der Waals surface area (Å²) in [6.07, 6.45) is 6.62. The molecule has 88 valence electrons. The predicted molar refractivity (Wildman–Crippen MR) is 69.0 cm³/mol. The van der Waals surface area contributed by atoms with Crippen molar-refractivity contribution in [3.05, 3.63) is 29.6 Å². The zero-order valence-corrected chi connectivity index (χ0v) is 10.2. The highest BCUT2D eigenvalue weighted by Crippen LogP contribution is 2.31. The van der Waals surface area contributed by atoms with Crippen molar-refractivity contribution in [3.8, 4) is 0 Å². The molecule has 0 bridgehead atoms. The molecule has 1 aliphatic rings. The second-order valence-corrected chi connectivity index (χ2v) is 5.71. The molecule has 1 fully saturated rings. The number of hydrogen-bond donors (Lipinski definition) is 1. The van der Waals surface area contributed by atoms with Gasteiger partial charge in [-0.2, -0.15) is 11.8 Å². The number of nitrogens with two attached hydrogens (primary N) is 1. The summed E-state index contributed by atoms with van der Waals surface area (Å²) in [5, 5.41) is 0.728. The average molecular weight is 239 g/mol. The van der Waals surface area contributed by atoms with Crippen LogP contribution in [0.5, 0.6) is 0 Å². The highest BCUT2D eigenvalue weighted by Gasteiger charge is 2.14. The summed E-state index contributed by atoms with van der Waals surface area (Å²) in [6.45, 7) is 0. The van der Waals surface area contributed by atoms with Crippen molar-refractivity contribution in [2.45, 2.75) is 43.1 Å². The molecule has 0 spiro atoms. The Morgan fingerprint density at radius 1 is 1.25 bits per heavy atom. The second-order valence-electron chi connectivity index (χ2n) is 4.42. The molecule has 0 radical (unpaired) electrons. The fourth-order valence-corrected chi connectivity index (χ4v) is 3.44. The van der Waals surface area contributed by atoms with Gasteiger partial charge in [0.25, 0.3) is 0 Å². The Balaban J connectivity index is 1.88. The van der Waals surface area contributed by atoms with Crippen LogP contribution < -0.4 is 5.73 Å². The zero-order chi connectivity index (χ0) is 11.4. The van der Waals surface area contributed by atoms with Gasteiger partial charge in [0.05, 0.1) is 0 Å². The number of benzene rings is 1. The van der Waals surface area contributed by atoms with E-state index in [0.717, 1.165) is 16.6 Å². The van der Waals surface area contributed by atoms with Crippen LogP contribution in [-0.4, -0.2) is 5.25 Å². The maximum absolute atomic E-state index is 13.5. The van der Waals surface area contributed by atoms with Gasteiger partial charge in [-0.3, -0.25) is 0 Å². The number of hydrogen-bond acceptors (Lipinski definition) is 2. The summed E-state index contributed by atoms with van der Waals surface area (Å²) < 4.78 is 13.5. The molecule has 1 aromatic rings. The number of rotatable bonds is 3. The van der Waals surface area contributed by atoms with Crippen LogP contribution in [0.4, 0.5) is 10.1 Å². The highest BCUT2D eigenvalue weighted by molar-refractivity contribution is 7.99. The maximum Gasteiger partial charge on any atom is 0.129 e. The number of nitrogen functional groups attached to an aromatic ring is 1. The van der Waals surface area contributed by atoms with E-state index < -0.39 is 0 Å². The summed E-state index contributed by atoms with van der Waals surface area (Å²) in [5.74, 6) is 0.611. The van der Waals surface area contributed by atoms with E-state index in [1.807, 2.05) is 11.8 Å². The van der Waals surface area contributed by atoms with Gasteiger partial charge in [0.15, 0.2) is 0 Å². The van der Waals surface area contributed by atoms with Crippen LogP contribution in [0.25, 0.3) is 0 Å². The molecule has 0 amide bonds. The van der Waals surface area contributed by atoms with E-state index in [4.69, 9.17) is 5.73 Å². The Hall–Kier alpha value is -0.700. The average Bonchev–Trinajstić information content (AvgIpc) is 2.29. The molecule has 0 saturated heterocycles. The second kappa shape index (κ2) is 5.58. The van der Waals surface area contributed by atoms with Gasteiger partial charge in [-0.25, -0.2) is 4.39 Å². The SMILES string of the molecule is Nc1ccc(CSC2CCCCC2)c(F)c1. The van der Waals surface area contributed by atoms with Gasteiger partial charge in [-0.05, 0) is 30.5 Å². The van der Waals surface area contributed by atoms with Crippen molar-refractivity contribution in [1.29, 1.82) is 0 Å². The standard InChI is InChI=1S/C13H18FNS/c14-13-8-11(15)7-6-10(13)9-16-12-4-2-1-3-5-12/h6-8,12H,1-5,9,15H2. The molecule has 2 rings (SSSR count). The monoisotopic (exact) mass is 239 g/mol. The third-order valence-electron chi connectivity index (χ3n) is 3.10. The van der Waals surface area contributed by atoms with E-state index in [9.17, 15) is 4.39 Å². The van der Waals surface area contributed by atoms with E-state index in [1.54, 1.807) is 12.1 Å². The topological polar surface area (TPSA) is 26.0 Å². The summed E-state index contributed by atoms with van der Waals surface area (Å²) in [4.78, 5) is 0. The van der Waals surface area contributed by atoms with Crippen LogP contribution in [-0.2, 0) is 5.75 Å². The minimum Gasteiger partial charge on any atom is -0.399 e. The zero-order valence-electron chi connectivity index (χ0n) is 9.42. The van der Waals surface area contributed by atoms with E-state index in [1.165, 1.54) is 38.2 Å². The van der Waals surface area contributed by atoms with Crippen LogP contribution in [0.3, 0.4) is 0 Å². The van der Waals surface area contributed by atoms with E-state index >= 15 is 0 Å². The van der Waals surface area contributed by atoms with Gasteiger partial charge < -0.3 is 5.73 Å². The number of halogens is 1. The summed E-state index contributed by atoms with van der Waals surface area (Å²) in [7, 11) is 0. The minimum absolute atomic E-state index is 0.164. The van der Waals surface area contributed by atoms with Crippen molar-refractivity contribution in [2.75, 3.05) is 5.73 Å². The molecular formula is C13H18FNS. The summed E-state index contributed by atoms with van der Waals surface area (Å²) in [6, 6.07) is 5.00. The lowest BCUT2D eigenvalue weighted by atomic mass is 10.0. The molecule has 0 aromatic heterocycles. The summed E-state index contributed by atoms with van der Waals surface area (Å²) in [5.41, 5.74) is 6.81. The fraction of sp³-hybridized carbons (Fsp3) is 0.538. The van der Waals surface area contributed by atoms with E-state index in [-0.39, 0.29) is 5.82 Å². The Morgan fingerprint density at radius 3 is 2.69 bits per heavy atom. The van der Waals surface area contributed by atoms with Gasteiger partial charge in [0.2, 0.25) is 0 Å². The van der Waals surface area contributed by atoms with Crippen LogP contribution in [0.2, 0.25) is 0 Å². The molecule has 3 heteroatoms. The van der Waals surface area contributed by atoms with Crippen molar-refractivity contribution in [3.63, 3.8) is 0 Å². The van der Waals surface area contributed by atoms with Gasteiger partial charge >= 0.3 is 0 Å². The fourth-order valence-electron chi connectivity index (χ4n) is 2.12. The van der Waals surface area contributed by atoms with Crippen molar-refractivity contribution >= 4 is 17.4 Å². The Morgan fingerprint density at radius 2 is 2.00 bits per heavy atom. The van der Waals surface area contributed by atoms with Crippen LogP contribution in [0.1, 0.15) is 37.7 Å². The lowest BCUT2D eigenvalue weighted by Crippen LogP contribution is -2.08. The quantitative estimate of drug-likeness (QED) is 0.808. The Bertz CT molecular complexity index is 348. The first-order valence-corrected chi connectivity index (χ1v) is 6.96. The lowest BCUT2D eigenvalue weighted by Gasteiger charge is -2.21. The summed E-state index contributed by atoms with van der Waals surface area (Å²) >= 11 is 1.89. The molecule has 2 N–H and O–H groups in total. The van der Waals surface area contributed by atoms with Gasteiger partial charge in [0, 0.05) is 16.7 Å². The first-order chi connectivity index (χ1) is 7.75. The molecule has 1 saturated carbocycles. The van der Waals surface area contributed by atoms with Crippen molar-refractivity contribution in [2.24, 2.45) is 0 Å². The third kappa shape index (κ3) is 3.14. The van der Waals surface area contributed by atoms with Crippen LogP contribution in [0, 0.1) is 5.82 Å². The van der Waals surface area contributed by atoms with Gasteiger partial charge in [-0.15, -0.1) is 0 Å². The molecule has 0 atom stereocenters. The molecular weight excluding hydrogens is 221 g/mol. The normalized spacial score (nSPS) is 17.6. The van der Waals surface area contributed by atoms with E-state index in [2.05, 4.69) is 0 Å². The first kappa shape index (κ1) is 11.8. The molecule has 16 heavy (non-hydrogen) atoms. The molecule has 0 heterocycles. The Labute approximate surface area is 101 Å². The third-order valence-corrected chi connectivity index (χ3v) is 4.52. The smallest absolute Gasteiger partial charge is 0.129 e. The predicted octanol–water partition coefficient (Wildman–Crippen LogP) is 3.97. The molecule has 1 aliphatic carbocycles. The largest absolute Gasteiger partial charge is 0.399 e. The number of anilines is 1. The van der Waals surface area contributed by atoms with E-state index in [0.29, 0.717) is 5.69 Å². The van der Waals surface area contributed by atoms with Gasteiger partial charge in [-0.1, -0.05) is 25.3 Å². The molecule has 1 nitrogen and oxygen atoms in total. The van der Waals surface area contributed by atoms with Crippen LogP contribution >= 0.6 is 11.8 Å². The lowest BCUT2D eigenvalue weighted by molar-refractivity contribution is 0.516. The van der Waals surface area contributed by atoms with Gasteiger partial charge in [0.1, 0.15) is 5.82 Å². The van der Waals surface area contributed by atoms with Crippen LogP contribution in [0.15, 0.2) is 18.2 Å². The maximum atomic E-state index is 13.5. The molecule has 0 unspecified atom stereocenters. The minimum atomic E-state index is -0.164.